The van der Waals surface area contributed by atoms with Crippen LogP contribution >= 0.6 is 0 Å². The zero-order valence-corrected chi connectivity index (χ0v) is 12.1. The van der Waals surface area contributed by atoms with E-state index in [4.69, 9.17) is 5.11 Å². The van der Waals surface area contributed by atoms with E-state index < -0.39 is 0 Å². The molecule has 1 N–H and O–H groups in total. The zero-order valence-electron chi connectivity index (χ0n) is 12.1. The number of nitrogens with zero attached hydrogens (tertiary/aromatic N) is 1. The van der Waals surface area contributed by atoms with Crippen LogP contribution in [0.3, 0.4) is 0 Å². The first-order chi connectivity index (χ1) is 10.3. The Morgan fingerprint density at radius 2 is 1.33 bits per heavy atom. The molecule has 0 heterocycles. The minimum atomic E-state index is 0.0518. The van der Waals surface area contributed by atoms with Gasteiger partial charge in [0.15, 0.2) is 0 Å². The number of hydrogen-bond donors (Lipinski definition) is 1. The molecule has 0 atom stereocenters. The van der Waals surface area contributed by atoms with E-state index >= 15 is 0 Å². The molecule has 0 aromatic heterocycles. The quantitative estimate of drug-likeness (QED) is 0.848. The summed E-state index contributed by atoms with van der Waals surface area (Å²) in [4.78, 5) is 14.2. The molecule has 2 aromatic rings. The first-order valence-corrected chi connectivity index (χ1v) is 7.26. The summed E-state index contributed by atoms with van der Waals surface area (Å²) in [6.07, 6.45) is 0.898. The molecule has 0 spiro atoms. The molecule has 0 unspecified atom stereocenters. The van der Waals surface area contributed by atoms with Gasteiger partial charge in [0, 0.05) is 26.1 Å². The van der Waals surface area contributed by atoms with E-state index in [2.05, 4.69) is 0 Å². The predicted molar refractivity (Wildman–Crippen MR) is 83.5 cm³/mol. The summed E-state index contributed by atoms with van der Waals surface area (Å²) in [5, 5.41) is 8.91. The Kier molecular flexibility index (Phi) is 5.98. The summed E-state index contributed by atoms with van der Waals surface area (Å²) in [7, 11) is 0. The minimum Gasteiger partial charge on any atom is -0.396 e. The molecule has 0 saturated carbocycles. The Morgan fingerprint density at radius 3 is 1.76 bits per heavy atom. The average molecular weight is 283 g/mol. The molecule has 0 aliphatic rings. The van der Waals surface area contributed by atoms with E-state index in [-0.39, 0.29) is 12.5 Å². The molecule has 2 aromatic carbocycles. The van der Waals surface area contributed by atoms with E-state index in [0.29, 0.717) is 25.9 Å². The smallest absolute Gasteiger partial charge is 0.223 e. The summed E-state index contributed by atoms with van der Waals surface area (Å²) in [6.45, 7) is 1.25. The highest BCUT2D eigenvalue weighted by Crippen LogP contribution is 2.12. The van der Waals surface area contributed by atoms with Crippen LogP contribution in [0.1, 0.15) is 24.0 Å². The summed E-state index contributed by atoms with van der Waals surface area (Å²) in [6, 6.07) is 20.0. The van der Waals surface area contributed by atoms with E-state index in [1.54, 1.807) is 0 Å². The van der Waals surface area contributed by atoms with Crippen LogP contribution in [0.5, 0.6) is 0 Å². The normalized spacial score (nSPS) is 10.3. The molecule has 3 heteroatoms. The van der Waals surface area contributed by atoms with Crippen molar-refractivity contribution in [2.24, 2.45) is 0 Å². The summed E-state index contributed by atoms with van der Waals surface area (Å²) < 4.78 is 0. The van der Waals surface area contributed by atoms with Crippen molar-refractivity contribution in [1.82, 2.24) is 4.90 Å². The van der Waals surface area contributed by atoms with E-state index in [0.717, 1.165) is 11.1 Å². The van der Waals surface area contributed by atoms with Gasteiger partial charge in [0.1, 0.15) is 0 Å². The van der Waals surface area contributed by atoms with E-state index in [1.165, 1.54) is 0 Å². The van der Waals surface area contributed by atoms with Crippen LogP contribution in [0.15, 0.2) is 60.7 Å². The first-order valence-electron chi connectivity index (χ1n) is 7.26. The maximum absolute atomic E-state index is 12.3. The monoisotopic (exact) mass is 283 g/mol. The van der Waals surface area contributed by atoms with Gasteiger partial charge in [0.05, 0.1) is 0 Å². The van der Waals surface area contributed by atoms with Crippen LogP contribution in [0.25, 0.3) is 0 Å². The van der Waals surface area contributed by atoms with Gasteiger partial charge in [-0.15, -0.1) is 0 Å². The first kappa shape index (κ1) is 15.3. The van der Waals surface area contributed by atoms with Crippen LogP contribution in [0.2, 0.25) is 0 Å². The van der Waals surface area contributed by atoms with Crippen molar-refractivity contribution in [2.75, 3.05) is 6.61 Å². The number of carbonyl (C=O) groups is 1. The topological polar surface area (TPSA) is 40.5 Å². The molecule has 3 nitrogen and oxygen atoms in total. The molecule has 110 valence electrons. The average Bonchev–Trinajstić information content (AvgIpc) is 2.54. The highest BCUT2D eigenvalue weighted by Gasteiger charge is 2.14. The second-order valence-corrected chi connectivity index (χ2v) is 5.05. The standard InChI is InChI=1S/C18H21NO2/c20-13-7-12-18(21)19(14-16-8-3-1-4-9-16)15-17-10-5-2-6-11-17/h1-6,8-11,20H,7,12-15H2. The lowest BCUT2D eigenvalue weighted by Crippen LogP contribution is -2.30. The van der Waals surface area contributed by atoms with Crippen molar-refractivity contribution in [1.29, 1.82) is 0 Å². The number of amides is 1. The van der Waals surface area contributed by atoms with Crippen molar-refractivity contribution >= 4 is 5.91 Å². The van der Waals surface area contributed by atoms with E-state index in [9.17, 15) is 4.79 Å². The Labute approximate surface area is 125 Å². The second kappa shape index (κ2) is 8.22. The molecule has 0 saturated heterocycles. The third kappa shape index (κ3) is 5.04. The van der Waals surface area contributed by atoms with Gasteiger partial charge >= 0.3 is 0 Å². The highest BCUT2D eigenvalue weighted by molar-refractivity contribution is 5.76. The van der Waals surface area contributed by atoms with Crippen LogP contribution in [-0.2, 0) is 17.9 Å². The Hall–Kier alpha value is -2.13. The number of rotatable bonds is 7. The van der Waals surface area contributed by atoms with Crippen molar-refractivity contribution in [3.8, 4) is 0 Å². The van der Waals surface area contributed by atoms with Gasteiger partial charge in [-0.1, -0.05) is 60.7 Å². The third-order valence-electron chi connectivity index (χ3n) is 3.33. The maximum atomic E-state index is 12.3. The molecule has 0 fully saturated rings. The second-order valence-electron chi connectivity index (χ2n) is 5.05. The molecular formula is C18H21NO2. The SMILES string of the molecule is O=C(CCCO)N(Cc1ccccc1)Cc1ccccc1. The van der Waals surface area contributed by atoms with Crippen LogP contribution in [-0.4, -0.2) is 22.5 Å². The predicted octanol–water partition coefficient (Wildman–Crippen LogP) is 2.99. The lowest BCUT2D eigenvalue weighted by molar-refractivity contribution is -0.132. The fourth-order valence-corrected chi connectivity index (χ4v) is 2.23. The molecule has 0 aliphatic carbocycles. The van der Waals surface area contributed by atoms with Gasteiger partial charge in [0.2, 0.25) is 5.91 Å². The molecular weight excluding hydrogens is 262 g/mol. The number of hydrogen-bond acceptors (Lipinski definition) is 2. The van der Waals surface area contributed by atoms with Crippen LogP contribution in [0.4, 0.5) is 0 Å². The van der Waals surface area contributed by atoms with Crippen molar-refractivity contribution in [2.45, 2.75) is 25.9 Å². The fourth-order valence-electron chi connectivity index (χ4n) is 2.23. The molecule has 2 rings (SSSR count). The minimum absolute atomic E-state index is 0.0518. The Bertz CT molecular complexity index is 498. The molecule has 0 aliphatic heterocycles. The van der Waals surface area contributed by atoms with Gasteiger partial charge in [-0.05, 0) is 17.5 Å². The van der Waals surface area contributed by atoms with E-state index in [1.807, 2.05) is 65.6 Å². The molecule has 0 radical (unpaired) electrons. The third-order valence-corrected chi connectivity index (χ3v) is 3.33. The van der Waals surface area contributed by atoms with Gasteiger partial charge in [-0.3, -0.25) is 4.79 Å². The molecule has 21 heavy (non-hydrogen) atoms. The summed E-state index contributed by atoms with van der Waals surface area (Å²) >= 11 is 0. The maximum Gasteiger partial charge on any atom is 0.223 e. The van der Waals surface area contributed by atoms with Crippen molar-refractivity contribution in [3.05, 3.63) is 71.8 Å². The largest absolute Gasteiger partial charge is 0.396 e. The molecule has 1 amide bonds. The molecule has 0 bridgehead atoms. The van der Waals surface area contributed by atoms with Gasteiger partial charge < -0.3 is 10.0 Å². The van der Waals surface area contributed by atoms with Gasteiger partial charge in [-0.25, -0.2) is 0 Å². The fraction of sp³-hybridized carbons (Fsp3) is 0.278. The van der Waals surface area contributed by atoms with Gasteiger partial charge in [0.25, 0.3) is 0 Å². The van der Waals surface area contributed by atoms with Gasteiger partial charge in [-0.2, -0.15) is 0 Å². The highest BCUT2D eigenvalue weighted by atomic mass is 16.3. The Balaban J connectivity index is 2.08. The number of aliphatic hydroxyl groups is 1. The lowest BCUT2D eigenvalue weighted by Gasteiger charge is -2.23. The Morgan fingerprint density at radius 1 is 0.857 bits per heavy atom. The summed E-state index contributed by atoms with van der Waals surface area (Å²) in [5.41, 5.74) is 2.23. The lowest BCUT2D eigenvalue weighted by atomic mass is 10.1. The zero-order chi connectivity index (χ0) is 14.9. The number of benzene rings is 2. The van der Waals surface area contributed by atoms with Crippen LogP contribution < -0.4 is 0 Å². The van der Waals surface area contributed by atoms with Crippen LogP contribution in [0, 0.1) is 0 Å². The van der Waals surface area contributed by atoms with Crippen molar-refractivity contribution in [3.63, 3.8) is 0 Å². The summed E-state index contributed by atoms with van der Waals surface area (Å²) in [5.74, 6) is 0.0803. The number of aliphatic hydroxyl groups excluding tert-OH is 1. The van der Waals surface area contributed by atoms with Crippen molar-refractivity contribution < 1.29 is 9.90 Å². The number of carbonyl (C=O) groups excluding carboxylic acids is 1.